The summed E-state index contributed by atoms with van der Waals surface area (Å²) >= 11 is 0. The first-order chi connectivity index (χ1) is 9.13. The van der Waals surface area contributed by atoms with Crippen molar-refractivity contribution < 1.29 is 19.4 Å². The first-order valence-corrected chi connectivity index (χ1v) is 6.29. The van der Waals surface area contributed by atoms with Crippen LogP contribution >= 0.6 is 0 Å². The number of rotatable bonds is 5. The predicted octanol–water partition coefficient (Wildman–Crippen LogP) is 1.61. The van der Waals surface area contributed by atoms with Gasteiger partial charge in [-0.15, -0.1) is 0 Å². The van der Waals surface area contributed by atoms with Gasteiger partial charge in [-0.3, -0.25) is 4.90 Å². The molecule has 0 bridgehead atoms. The molecule has 1 aromatic carbocycles. The van der Waals surface area contributed by atoms with Gasteiger partial charge in [0, 0.05) is 26.7 Å². The van der Waals surface area contributed by atoms with Gasteiger partial charge in [0.05, 0.1) is 13.2 Å². The Hall–Kier alpha value is -1.59. The van der Waals surface area contributed by atoms with E-state index in [4.69, 9.17) is 14.6 Å². The monoisotopic (exact) mass is 265 g/mol. The Morgan fingerprint density at radius 2 is 2.26 bits per heavy atom. The van der Waals surface area contributed by atoms with E-state index >= 15 is 0 Å². The normalized spacial score (nSPS) is 19.6. The minimum Gasteiger partial charge on any atom is -0.496 e. The van der Waals surface area contributed by atoms with Crippen molar-refractivity contribution in [3.05, 3.63) is 29.3 Å². The Labute approximate surface area is 112 Å². The molecule has 5 heteroatoms. The number of ether oxygens (including phenoxy) is 2. The standard InChI is InChI=1S/C14H19NO4/c1-18-11-5-6-15(9-11)8-10-3-4-12(14(16)17)13(7-10)19-2/h3-4,7,11H,5-6,8-9H2,1-2H3,(H,16,17). The van der Waals surface area contributed by atoms with E-state index in [0.29, 0.717) is 11.9 Å². The third-order valence-corrected chi connectivity index (χ3v) is 3.46. The number of aromatic carboxylic acids is 1. The molecular weight excluding hydrogens is 246 g/mol. The van der Waals surface area contributed by atoms with Crippen LogP contribution in [0.15, 0.2) is 18.2 Å². The first-order valence-electron chi connectivity index (χ1n) is 6.29. The van der Waals surface area contributed by atoms with Crippen LogP contribution in [0, 0.1) is 0 Å². The largest absolute Gasteiger partial charge is 0.496 e. The molecule has 0 amide bonds. The zero-order valence-electron chi connectivity index (χ0n) is 11.3. The van der Waals surface area contributed by atoms with Crippen LogP contribution < -0.4 is 4.74 Å². The van der Waals surface area contributed by atoms with Crippen LogP contribution in [0.2, 0.25) is 0 Å². The number of carboxylic acids is 1. The van der Waals surface area contributed by atoms with E-state index in [0.717, 1.165) is 31.6 Å². The van der Waals surface area contributed by atoms with Gasteiger partial charge >= 0.3 is 5.97 Å². The number of methoxy groups -OCH3 is 2. The van der Waals surface area contributed by atoms with E-state index in [1.165, 1.54) is 7.11 Å². The molecule has 1 aromatic rings. The summed E-state index contributed by atoms with van der Waals surface area (Å²) < 4.78 is 10.5. The van der Waals surface area contributed by atoms with Gasteiger partial charge in [0.2, 0.25) is 0 Å². The zero-order chi connectivity index (χ0) is 13.8. The van der Waals surface area contributed by atoms with Gasteiger partial charge in [0.25, 0.3) is 0 Å². The molecule has 1 heterocycles. The minimum absolute atomic E-state index is 0.197. The fraction of sp³-hybridized carbons (Fsp3) is 0.500. The lowest BCUT2D eigenvalue weighted by atomic mass is 10.1. The van der Waals surface area contributed by atoms with Crippen LogP contribution in [-0.2, 0) is 11.3 Å². The SMILES string of the molecule is COc1cc(CN2CCC(OC)C2)ccc1C(=O)O. The van der Waals surface area contributed by atoms with Gasteiger partial charge in [-0.1, -0.05) is 6.07 Å². The molecule has 1 fully saturated rings. The average Bonchev–Trinajstić information content (AvgIpc) is 2.86. The number of carboxylic acid groups (broad SMARTS) is 1. The lowest BCUT2D eigenvalue weighted by Crippen LogP contribution is -2.22. The molecule has 1 N–H and O–H groups in total. The molecular formula is C14H19NO4. The number of likely N-dealkylation sites (tertiary alicyclic amines) is 1. The summed E-state index contributed by atoms with van der Waals surface area (Å²) in [5.74, 6) is -0.559. The van der Waals surface area contributed by atoms with Crippen LogP contribution in [0.1, 0.15) is 22.3 Å². The van der Waals surface area contributed by atoms with Crippen molar-refractivity contribution in [3.8, 4) is 5.75 Å². The highest BCUT2D eigenvalue weighted by Gasteiger charge is 2.22. The summed E-state index contributed by atoms with van der Waals surface area (Å²) in [5.41, 5.74) is 1.25. The fourth-order valence-electron chi connectivity index (χ4n) is 2.40. The maximum Gasteiger partial charge on any atom is 0.339 e. The van der Waals surface area contributed by atoms with Crippen LogP contribution in [0.5, 0.6) is 5.75 Å². The van der Waals surface area contributed by atoms with Crippen molar-refractivity contribution in [2.75, 3.05) is 27.3 Å². The number of nitrogens with zero attached hydrogens (tertiary/aromatic N) is 1. The third-order valence-electron chi connectivity index (χ3n) is 3.46. The molecule has 5 nitrogen and oxygen atoms in total. The molecule has 0 spiro atoms. The predicted molar refractivity (Wildman–Crippen MR) is 70.6 cm³/mol. The molecule has 0 aromatic heterocycles. The van der Waals surface area contributed by atoms with E-state index < -0.39 is 5.97 Å². The molecule has 19 heavy (non-hydrogen) atoms. The lowest BCUT2D eigenvalue weighted by Gasteiger charge is -2.16. The molecule has 104 valence electrons. The number of hydrogen-bond donors (Lipinski definition) is 1. The maximum atomic E-state index is 11.0. The molecule has 0 saturated carbocycles. The van der Waals surface area contributed by atoms with Gasteiger partial charge in [-0.2, -0.15) is 0 Å². The summed E-state index contributed by atoms with van der Waals surface area (Å²) in [4.78, 5) is 13.3. The Morgan fingerprint density at radius 3 is 2.84 bits per heavy atom. The van der Waals surface area contributed by atoms with Crippen molar-refractivity contribution in [1.29, 1.82) is 0 Å². The topological polar surface area (TPSA) is 59.0 Å². The number of hydrogen-bond acceptors (Lipinski definition) is 4. The highest BCUT2D eigenvalue weighted by Crippen LogP contribution is 2.22. The van der Waals surface area contributed by atoms with E-state index in [1.807, 2.05) is 6.07 Å². The average molecular weight is 265 g/mol. The van der Waals surface area contributed by atoms with Crippen molar-refractivity contribution in [3.63, 3.8) is 0 Å². The first kappa shape index (κ1) is 13.8. The van der Waals surface area contributed by atoms with E-state index in [9.17, 15) is 4.79 Å². The van der Waals surface area contributed by atoms with Crippen molar-refractivity contribution in [1.82, 2.24) is 4.90 Å². The summed E-state index contributed by atoms with van der Waals surface area (Å²) in [6.45, 7) is 2.71. The summed E-state index contributed by atoms with van der Waals surface area (Å²) in [5, 5.41) is 9.03. The second-order valence-corrected chi connectivity index (χ2v) is 4.72. The molecule has 1 unspecified atom stereocenters. The molecule has 2 rings (SSSR count). The van der Waals surface area contributed by atoms with E-state index in [-0.39, 0.29) is 5.56 Å². The summed E-state index contributed by atoms with van der Waals surface area (Å²) in [6, 6.07) is 5.23. The number of carbonyl (C=O) groups is 1. The van der Waals surface area contributed by atoms with E-state index in [2.05, 4.69) is 4.90 Å². The minimum atomic E-state index is -0.969. The highest BCUT2D eigenvalue weighted by atomic mass is 16.5. The molecule has 0 aliphatic carbocycles. The van der Waals surface area contributed by atoms with Crippen LogP contribution in [0.25, 0.3) is 0 Å². The van der Waals surface area contributed by atoms with Crippen molar-refractivity contribution >= 4 is 5.97 Å². The fourth-order valence-corrected chi connectivity index (χ4v) is 2.40. The van der Waals surface area contributed by atoms with Crippen LogP contribution in [0.3, 0.4) is 0 Å². The third kappa shape index (κ3) is 3.24. The van der Waals surface area contributed by atoms with Gasteiger partial charge in [-0.05, 0) is 24.1 Å². The van der Waals surface area contributed by atoms with Gasteiger partial charge < -0.3 is 14.6 Å². The molecule has 1 aliphatic heterocycles. The molecule has 1 atom stereocenters. The molecule has 0 radical (unpaired) electrons. The summed E-state index contributed by atoms with van der Waals surface area (Å²) in [6.07, 6.45) is 1.35. The van der Waals surface area contributed by atoms with Gasteiger partial charge in [0.15, 0.2) is 0 Å². The Morgan fingerprint density at radius 1 is 1.47 bits per heavy atom. The van der Waals surface area contributed by atoms with Crippen LogP contribution in [-0.4, -0.2) is 49.4 Å². The Bertz CT molecular complexity index is 461. The second kappa shape index (κ2) is 6.04. The van der Waals surface area contributed by atoms with E-state index in [1.54, 1.807) is 19.2 Å². The smallest absolute Gasteiger partial charge is 0.339 e. The van der Waals surface area contributed by atoms with Gasteiger partial charge in [0.1, 0.15) is 11.3 Å². The quantitative estimate of drug-likeness (QED) is 0.876. The second-order valence-electron chi connectivity index (χ2n) is 4.72. The van der Waals surface area contributed by atoms with Crippen LogP contribution in [0.4, 0.5) is 0 Å². The maximum absolute atomic E-state index is 11.0. The molecule has 1 aliphatic rings. The molecule has 1 saturated heterocycles. The van der Waals surface area contributed by atoms with Crippen molar-refractivity contribution in [2.24, 2.45) is 0 Å². The number of benzene rings is 1. The summed E-state index contributed by atoms with van der Waals surface area (Å²) in [7, 11) is 3.22. The lowest BCUT2D eigenvalue weighted by molar-refractivity contribution is 0.0693. The van der Waals surface area contributed by atoms with Crippen molar-refractivity contribution in [2.45, 2.75) is 19.1 Å². The Kier molecular flexibility index (Phi) is 4.39. The zero-order valence-corrected chi connectivity index (χ0v) is 11.3. The van der Waals surface area contributed by atoms with Gasteiger partial charge in [-0.25, -0.2) is 4.79 Å². The Balaban J connectivity index is 2.07. The highest BCUT2D eigenvalue weighted by molar-refractivity contribution is 5.90.